The van der Waals surface area contributed by atoms with Gasteiger partial charge in [0, 0.05) is 0 Å². The lowest BCUT2D eigenvalue weighted by molar-refractivity contribution is -0.150. The number of rotatable bonds is 6. The minimum absolute atomic E-state index is 0.0393. The van der Waals surface area contributed by atoms with E-state index in [9.17, 15) is 19.5 Å². The number of amides is 1. The average Bonchev–Trinajstić information content (AvgIpc) is 2.79. The summed E-state index contributed by atoms with van der Waals surface area (Å²) in [7, 11) is 0. The molecule has 2 rings (SSSR count). The summed E-state index contributed by atoms with van der Waals surface area (Å²) in [6.45, 7) is 1.81. The van der Waals surface area contributed by atoms with Crippen LogP contribution in [-0.2, 0) is 14.4 Å². The van der Waals surface area contributed by atoms with E-state index in [2.05, 4.69) is 0 Å². The molecule has 1 aromatic rings. The number of thiocarbonyl (C=S) groups is 1. The van der Waals surface area contributed by atoms with Crippen molar-refractivity contribution in [3.05, 3.63) is 52.4 Å². The third-order valence-corrected chi connectivity index (χ3v) is 4.67. The van der Waals surface area contributed by atoms with E-state index in [0.29, 0.717) is 0 Å². The smallest absolute Gasteiger partial charge is 0.327 e. The van der Waals surface area contributed by atoms with E-state index in [4.69, 9.17) is 17.3 Å². The zero-order chi connectivity index (χ0) is 18.6. The molecule has 8 heteroatoms. The molecule has 1 atom stereocenters. The molecular weight excluding hydrogens is 362 g/mol. The number of allylic oxidation sites excluding steroid dienone is 2. The summed E-state index contributed by atoms with van der Waals surface area (Å²) in [5, 5.41) is 18.1. The quantitative estimate of drug-likeness (QED) is 0.581. The first-order valence-electron chi connectivity index (χ1n) is 7.24. The molecule has 2 N–H and O–H groups in total. The van der Waals surface area contributed by atoms with Crippen LogP contribution in [0.2, 0.25) is 0 Å². The minimum atomic E-state index is -1.52. The lowest BCUT2D eigenvalue weighted by Gasteiger charge is -2.21. The fourth-order valence-electron chi connectivity index (χ4n) is 2.26. The molecule has 0 saturated carbocycles. The van der Waals surface area contributed by atoms with Crippen molar-refractivity contribution < 1.29 is 24.6 Å². The van der Waals surface area contributed by atoms with Gasteiger partial charge in [0.25, 0.3) is 5.91 Å². The molecule has 1 saturated heterocycles. The zero-order valence-electron chi connectivity index (χ0n) is 13.2. The van der Waals surface area contributed by atoms with Gasteiger partial charge in [0.05, 0.1) is 11.3 Å². The standard InChI is InChI=1S/C17H15NO5S2/c1-10(7-11-5-3-2-4-6-11)8-13-15(21)18(17(24)25-13)12(16(22)23)9-14(19)20/h2-8,12H,9H2,1H3,(H,19,20)(H,22,23)/b10-7+,13-8-/t12-/m0/s1. The molecule has 1 aromatic carbocycles. The molecule has 1 aliphatic rings. The van der Waals surface area contributed by atoms with Crippen LogP contribution in [0.5, 0.6) is 0 Å². The summed E-state index contributed by atoms with van der Waals surface area (Å²) in [4.78, 5) is 35.8. The third-order valence-electron chi connectivity index (χ3n) is 3.34. The Kier molecular flexibility index (Phi) is 6.11. The lowest BCUT2D eigenvalue weighted by Crippen LogP contribution is -2.45. The number of carbonyl (C=O) groups excluding carboxylic acids is 1. The second-order valence-corrected chi connectivity index (χ2v) is 6.98. The first-order chi connectivity index (χ1) is 11.8. The second-order valence-electron chi connectivity index (χ2n) is 5.30. The van der Waals surface area contributed by atoms with E-state index < -0.39 is 30.3 Å². The largest absolute Gasteiger partial charge is 0.481 e. The van der Waals surface area contributed by atoms with E-state index in [0.717, 1.165) is 27.8 Å². The molecule has 0 radical (unpaired) electrons. The van der Waals surface area contributed by atoms with Crippen molar-refractivity contribution in [1.29, 1.82) is 0 Å². The number of benzene rings is 1. The number of hydrogen-bond acceptors (Lipinski definition) is 5. The van der Waals surface area contributed by atoms with Crippen LogP contribution in [0.1, 0.15) is 18.9 Å². The van der Waals surface area contributed by atoms with Crippen LogP contribution in [-0.4, -0.2) is 43.3 Å². The molecule has 25 heavy (non-hydrogen) atoms. The van der Waals surface area contributed by atoms with E-state index in [1.165, 1.54) is 0 Å². The Hall–Kier alpha value is -2.45. The van der Waals surface area contributed by atoms with Gasteiger partial charge < -0.3 is 10.2 Å². The first-order valence-corrected chi connectivity index (χ1v) is 8.47. The maximum atomic E-state index is 12.5. The van der Waals surface area contributed by atoms with E-state index in [1.54, 1.807) is 6.08 Å². The molecule has 6 nitrogen and oxygen atoms in total. The molecule has 0 aliphatic carbocycles. The van der Waals surface area contributed by atoms with E-state index in [1.807, 2.05) is 43.3 Å². The van der Waals surface area contributed by atoms with Gasteiger partial charge in [0.2, 0.25) is 0 Å². The Balaban J connectivity index is 2.26. The fourth-order valence-corrected chi connectivity index (χ4v) is 3.67. The van der Waals surface area contributed by atoms with Crippen molar-refractivity contribution in [1.82, 2.24) is 4.90 Å². The van der Waals surface area contributed by atoms with Crippen molar-refractivity contribution in [3.8, 4) is 0 Å². The summed E-state index contributed by atoms with van der Waals surface area (Å²) >= 11 is 6.04. The van der Waals surface area contributed by atoms with Crippen LogP contribution in [0.15, 0.2) is 46.9 Å². The summed E-state index contributed by atoms with van der Waals surface area (Å²) in [5.74, 6) is -3.31. The van der Waals surface area contributed by atoms with Gasteiger partial charge >= 0.3 is 11.9 Å². The zero-order valence-corrected chi connectivity index (χ0v) is 14.8. The van der Waals surface area contributed by atoms with Crippen molar-refractivity contribution in [2.45, 2.75) is 19.4 Å². The normalized spacial score (nSPS) is 17.9. The van der Waals surface area contributed by atoms with Gasteiger partial charge in [-0.1, -0.05) is 60.4 Å². The second kappa shape index (κ2) is 8.09. The van der Waals surface area contributed by atoms with Gasteiger partial charge in [-0.3, -0.25) is 14.5 Å². The summed E-state index contributed by atoms with van der Waals surface area (Å²) in [6, 6.07) is 7.98. The van der Waals surface area contributed by atoms with Crippen LogP contribution < -0.4 is 0 Å². The summed E-state index contributed by atoms with van der Waals surface area (Å²) in [6.07, 6.45) is 2.78. The number of hydrogen-bond donors (Lipinski definition) is 2. The number of aliphatic carboxylic acids is 2. The topological polar surface area (TPSA) is 94.9 Å². The molecular formula is C17H15NO5S2. The Morgan fingerprint density at radius 3 is 2.48 bits per heavy atom. The average molecular weight is 377 g/mol. The van der Waals surface area contributed by atoms with Crippen molar-refractivity contribution in [2.75, 3.05) is 0 Å². The van der Waals surface area contributed by atoms with E-state index in [-0.39, 0.29) is 9.23 Å². The lowest BCUT2D eigenvalue weighted by atomic mass is 10.1. The maximum Gasteiger partial charge on any atom is 0.327 e. The van der Waals surface area contributed by atoms with Crippen molar-refractivity contribution >= 4 is 52.2 Å². The number of carboxylic acids is 2. The number of thioether (sulfide) groups is 1. The highest BCUT2D eigenvalue weighted by molar-refractivity contribution is 8.26. The molecule has 130 valence electrons. The number of carbonyl (C=O) groups is 3. The highest BCUT2D eigenvalue weighted by Crippen LogP contribution is 2.34. The predicted molar refractivity (Wildman–Crippen MR) is 98.9 cm³/mol. The van der Waals surface area contributed by atoms with Gasteiger partial charge in [0.1, 0.15) is 10.4 Å². The van der Waals surface area contributed by atoms with Gasteiger partial charge in [-0.2, -0.15) is 0 Å². The molecule has 0 unspecified atom stereocenters. The Bertz CT molecular complexity index is 785. The van der Waals surface area contributed by atoms with Crippen LogP contribution in [0.4, 0.5) is 0 Å². The number of nitrogens with zero attached hydrogens (tertiary/aromatic N) is 1. The van der Waals surface area contributed by atoms with Crippen molar-refractivity contribution in [3.63, 3.8) is 0 Å². The third kappa shape index (κ3) is 4.77. The number of carboxylic acid groups (broad SMARTS) is 2. The van der Waals surface area contributed by atoms with Crippen LogP contribution in [0.25, 0.3) is 6.08 Å². The fraction of sp³-hybridized carbons (Fsp3) is 0.176. The highest BCUT2D eigenvalue weighted by Gasteiger charge is 2.41. The van der Waals surface area contributed by atoms with Crippen molar-refractivity contribution in [2.24, 2.45) is 0 Å². The van der Waals surface area contributed by atoms with Crippen LogP contribution in [0, 0.1) is 0 Å². The van der Waals surface area contributed by atoms with Crippen LogP contribution in [0.3, 0.4) is 0 Å². The van der Waals surface area contributed by atoms with Gasteiger partial charge in [0.15, 0.2) is 0 Å². The van der Waals surface area contributed by atoms with Gasteiger partial charge in [-0.15, -0.1) is 0 Å². The molecule has 1 aliphatic heterocycles. The van der Waals surface area contributed by atoms with Gasteiger partial charge in [-0.05, 0) is 24.1 Å². The SMILES string of the molecule is CC(/C=C1\SC(=S)N([C@@H](CC(=O)O)C(=O)O)C1=O)=C\c1ccccc1. The Morgan fingerprint density at radius 1 is 1.28 bits per heavy atom. The highest BCUT2D eigenvalue weighted by atomic mass is 32.2. The summed E-state index contributed by atoms with van der Waals surface area (Å²) < 4.78 is 0.0393. The minimum Gasteiger partial charge on any atom is -0.481 e. The molecule has 0 aromatic heterocycles. The van der Waals surface area contributed by atoms with Gasteiger partial charge in [-0.25, -0.2) is 4.79 Å². The maximum absolute atomic E-state index is 12.5. The monoisotopic (exact) mass is 377 g/mol. The molecule has 1 heterocycles. The van der Waals surface area contributed by atoms with E-state index >= 15 is 0 Å². The predicted octanol–water partition coefficient (Wildman–Crippen LogP) is 2.76. The molecule has 0 spiro atoms. The molecule has 1 fully saturated rings. The molecule has 0 bridgehead atoms. The Morgan fingerprint density at radius 2 is 1.92 bits per heavy atom. The molecule has 1 amide bonds. The van der Waals surface area contributed by atoms with Crippen LogP contribution >= 0.6 is 24.0 Å². The Labute approximate surface area is 153 Å². The first kappa shape index (κ1) is 18.9. The summed E-state index contributed by atoms with van der Waals surface area (Å²) in [5.41, 5.74) is 1.75.